The monoisotopic (exact) mass is 469 g/mol. The molecule has 33 heavy (non-hydrogen) atoms. The molecule has 3 aromatic rings. The molecule has 1 aliphatic heterocycles. The number of methoxy groups -OCH3 is 2. The van der Waals surface area contributed by atoms with Crippen molar-refractivity contribution in [3.63, 3.8) is 0 Å². The highest BCUT2D eigenvalue weighted by molar-refractivity contribution is 7.80. The molecular formula is C24H27N3O5S. The first kappa shape index (κ1) is 22.9. The number of aromatic amines is 1. The van der Waals surface area contributed by atoms with Crippen LogP contribution < -0.4 is 25.1 Å². The molecule has 0 spiro atoms. The van der Waals surface area contributed by atoms with Crippen LogP contribution in [0.4, 0.5) is 0 Å². The molecule has 0 bridgehead atoms. The highest BCUT2D eigenvalue weighted by Crippen LogP contribution is 2.35. The van der Waals surface area contributed by atoms with Crippen molar-refractivity contribution in [2.45, 2.75) is 19.5 Å². The second-order valence-electron chi connectivity index (χ2n) is 7.70. The Labute approximate surface area is 197 Å². The number of hydrogen-bond acceptors (Lipinski definition) is 6. The molecule has 0 unspecified atom stereocenters. The minimum atomic E-state index is -0.164. The maximum Gasteiger partial charge on any atom is 0.253 e. The lowest BCUT2D eigenvalue weighted by atomic mass is 10.1. The molecule has 8 nitrogen and oxygen atoms in total. The standard InChI is InChI=1S/C24H27N3O5S/c1-29-9-3-8-25-24(33)27(13-16-4-6-19(30-2)7-5-16)14-18-10-17-11-21-22(32-15-31-21)12-20(17)26-23(18)28/h4-7,10-12H,3,8-9,13-15H2,1-2H3,(H,25,33)(H,26,28). The largest absolute Gasteiger partial charge is 0.497 e. The minimum absolute atomic E-state index is 0.164. The molecule has 0 fully saturated rings. The van der Waals surface area contributed by atoms with E-state index in [0.717, 1.165) is 23.1 Å². The summed E-state index contributed by atoms with van der Waals surface area (Å²) in [6, 6.07) is 13.4. The zero-order chi connectivity index (χ0) is 23.2. The molecule has 2 heterocycles. The van der Waals surface area contributed by atoms with Gasteiger partial charge in [-0.3, -0.25) is 4.79 Å². The Bertz CT molecular complexity index is 1180. The average Bonchev–Trinajstić information content (AvgIpc) is 3.28. The molecule has 1 aliphatic rings. The van der Waals surface area contributed by atoms with Crippen LogP contribution in [0.1, 0.15) is 17.5 Å². The number of hydrogen-bond donors (Lipinski definition) is 2. The van der Waals surface area contributed by atoms with Crippen LogP contribution in [0.3, 0.4) is 0 Å². The zero-order valence-electron chi connectivity index (χ0n) is 18.7. The number of benzene rings is 2. The topological polar surface area (TPSA) is 85.1 Å². The van der Waals surface area contributed by atoms with Gasteiger partial charge in [-0.25, -0.2) is 0 Å². The molecule has 0 radical (unpaired) electrons. The number of H-pyrrole nitrogens is 1. The maximum atomic E-state index is 12.9. The Morgan fingerprint density at radius 1 is 1.12 bits per heavy atom. The highest BCUT2D eigenvalue weighted by Gasteiger charge is 2.17. The molecule has 9 heteroatoms. The van der Waals surface area contributed by atoms with Gasteiger partial charge < -0.3 is 34.1 Å². The summed E-state index contributed by atoms with van der Waals surface area (Å²) in [4.78, 5) is 17.8. The van der Waals surface area contributed by atoms with Gasteiger partial charge in [-0.15, -0.1) is 0 Å². The third kappa shape index (κ3) is 5.55. The van der Waals surface area contributed by atoms with Gasteiger partial charge in [-0.05, 0) is 48.5 Å². The molecule has 4 rings (SSSR count). The quantitative estimate of drug-likeness (QED) is 0.365. The van der Waals surface area contributed by atoms with E-state index in [2.05, 4.69) is 10.3 Å². The SMILES string of the molecule is COCCCNC(=S)N(Cc1ccc(OC)cc1)Cc1cc2cc3c(cc2[nH]c1=O)OCO3. The van der Waals surface area contributed by atoms with E-state index in [0.29, 0.717) is 53.9 Å². The van der Waals surface area contributed by atoms with E-state index in [9.17, 15) is 4.79 Å². The predicted molar refractivity (Wildman–Crippen MR) is 130 cm³/mol. The van der Waals surface area contributed by atoms with Crippen molar-refractivity contribution in [3.05, 3.63) is 63.9 Å². The van der Waals surface area contributed by atoms with Crippen molar-refractivity contribution in [3.8, 4) is 17.2 Å². The third-order valence-corrected chi connectivity index (χ3v) is 5.80. The van der Waals surface area contributed by atoms with Crippen LogP contribution in [0, 0.1) is 0 Å². The van der Waals surface area contributed by atoms with E-state index in [1.165, 1.54) is 0 Å². The van der Waals surface area contributed by atoms with E-state index in [4.69, 9.17) is 31.2 Å². The van der Waals surface area contributed by atoms with Gasteiger partial charge in [-0.1, -0.05) is 12.1 Å². The number of pyridine rings is 1. The fourth-order valence-electron chi connectivity index (χ4n) is 3.64. The van der Waals surface area contributed by atoms with E-state index in [1.807, 2.05) is 41.3 Å². The van der Waals surface area contributed by atoms with Crippen molar-refractivity contribution in [2.75, 3.05) is 34.2 Å². The van der Waals surface area contributed by atoms with Gasteiger partial charge in [0.2, 0.25) is 6.79 Å². The van der Waals surface area contributed by atoms with E-state index in [1.54, 1.807) is 20.3 Å². The number of aromatic nitrogens is 1. The number of nitrogens with zero attached hydrogens (tertiary/aromatic N) is 1. The summed E-state index contributed by atoms with van der Waals surface area (Å²) in [5.41, 5.74) is 2.20. The Kier molecular flexibility index (Phi) is 7.31. The summed E-state index contributed by atoms with van der Waals surface area (Å²) in [5.74, 6) is 2.09. The molecule has 0 atom stereocenters. The van der Waals surface area contributed by atoms with Gasteiger partial charge in [0, 0.05) is 43.8 Å². The lowest BCUT2D eigenvalue weighted by Crippen LogP contribution is -2.40. The molecular weight excluding hydrogens is 442 g/mol. The van der Waals surface area contributed by atoms with Gasteiger partial charge in [0.05, 0.1) is 19.2 Å². The number of ether oxygens (including phenoxy) is 4. The summed E-state index contributed by atoms with van der Waals surface area (Å²) in [7, 11) is 3.31. The third-order valence-electron chi connectivity index (χ3n) is 5.40. The Hall–Kier alpha value is -3.30. The minimum Gasteiger partial charge on any atom is -0.497 e. The van der Waals surface area contributed by atoms with E-state index < -0.39 is 0 Å². The normalized spacial score (nSPS) is 12.1. The highest BCUT2D eigenvalue weighted by atomic mass is 32.1. The summed E-state index contributed by atoms with van der Waals surface area (Å²) < 4.78 is 21.3. The first-order valence-corrected chi connectivity index (χ1v) is 11.1. The summed E-state index contributed by atoms with van der Waals surface area (Å²) in [6.45, 7) is 2.40. The first-order valence-electron chi connectivity index (χ1n) is 10.7. The maximum absolute atomic E-state index is 12.9. The number of thiocarbonyl (C=S) groups is 1. The molecule has 174 valence electrons. The van der Waals surface area contributed by atoms with Crippen LogP contribution in [0.15, 0.2) is 47.3 Å². The molecule has 1 aromatic heterocycles. The average molecular weight is 470 g/mol. The number of rotatable bonds is 9. The van der Waals surface area contributed by atoms with Crippen molar-refractivity contribution in [1.29, 1.82) is 0 Å². The molecule has 0 saturated carbocycles. The number of nitrogens with one attached hydrogen (secondary N) is 2. The molecule has 0 aliphatic carbocycles. The van der Waals surface area contributed by atoms with E-state index in [-0.39, 0.29) is 12.4 Å². The summed E-state index contributed by atoms with van der Waals surface area (Å²) in [6.07, 6.45) is 0.830. The van der Waals surface area contributed by atoms with Gasteiger partial charge in [0.1, 0.15) is 5.75 Å². The number of fused-ring (bicyclic) bond motifs is 2. The van der Waals surface area contributed by atoms with E-state index >= 15 is 0 Å². The van der Waals surface area contributed by atoms with Crippen molar-refractivity contribution in [2.24, 2.45) is 0 Å². The zero-order valence-corrected chi connectivity index (χ0v) is 19.5. The van der Waals surface area contributed by atoms with Gasteiger partial charge >= 0.3 is 0 Å². The smallest absolute Gasteiger partial charge is 0.253 e. The Balaban J connectivity index is 1.58. The van der Waals surface area contributed by atoms with Crippen molar-refractivity contribution >= 4 is 28.2 Å². The molecule has 0 saturated heterocycles. The van der Waals surface area contributed by atoms with Crippen molar-refractivity contribution < 1.29 is 18.9 Å². The first-order chi connectivity index (χ1) is 16.1. The lowest BCUT2D eigenvalue weighted by molar-refractivity contribution is 0.174. The van der Waals surface area contributed by atoms with Crippen LogP contribution in [0.2, 0.25) is 0 Å². The molecule has 2 N–H and O–H groups in total. The Morgan fingerprint density at radius 2 is 1.88 bits per heavy atom. The summed E-state index contributed by atoms with van der Waals surface area (Å²) >= 11 is 5.68. The second kappa shape index (κ2) is 10.5. The van der Waals surface area contributed by atoms with Crippen LogP contribution in [0.5, 0.6) is 17.2 Å². The lowest BCUT2D eigenvalue weighted by Gasteiger charge is -2.26. The van der Waals surface area contributed by atoms with Crippen LogP contribution in [-0.4, -0.2) is 49.2 Å². The predicted octanol–water partition coefficient (Wildman–Crippen LogP) is 3.18. The van der Waals surface area contributed by atoms with Crippen molar-refractivity contribution in [1.82, 2.24) is 15.2 Å². The fraction of sp³-hybridized carbons (Fsp3) is 0.333. The van der Waals surface area contributed by atoms with Crippen LogP contribution in [0.25, 0.3) is 10.9 Å². The fourth-order valence-corrected chi connectivity index (χ4v) is 3.87. The summed E-state index contributed by atoms with van der Waals surface area (Å²) in [5, 5.41) is 4.72. The molecule has 0 amide bonds. The second-order valence-corrected chi connectivity index (χ2v) is 8.09. The van der Waals surface area contributed by atoms with Crippen LogP contribution in [-0.2, 0) is 17.8 Å². The van der Waals surface area contributed by atoms with Gasteiger partial charge in [0.25, 0.3) is 5.56 Å². The molecule has 2 aromatic carbocycles. The van der Waals surface area contributed by atoms with Gasteiger partial charge in [0.15, 0.2) is 16.6 Å². The Morgan fingerprint density at radius 3 is 2.61 bits per heavy atom. The van der Waals surface area contributed by atoms with Gasteiger partial charge in [-0.2, -0.15) is 0 Å². The van der Waals surface area contributed by atoms with Crippen LogP contribution >= 0.6 is 12.2 Å².